The number of hydrogen-bond donors (Lipinski definition) is 2. The van der Waals surface area contributed by atoms with Gasteiger partial charge in [-0.25, -0.2) is 0 Å². The molecule has 0 aliphatic carbocycles. The van der Waals surface area contributed by atoms with E-state index in [1.807, 2.05) is 0 Å². The molecule has 1 aromatic carbocycles. The lowest BCUT2D eigenvalue weighted by Gasteiger charge is -2.08. The number of benzene rings is 1. The van der Waals surface area contributed by atoms with Crippen molar-refractivity contribution in [2.75, 3.05) is 6.61 Å². The fourth-order valence-corrected chi connectivity index (χ4v) is 0.977. The number of halogens is 2. The van der Waals surface area contributed by atoms with Crippen molar-refractivity contribution in [3.8, 4) is 5.75 Å². The highest BCUT2D eigenvalue weighted by atomic mass is 19.3. The monoisotopic (exact) mass is 204 g/mol. The first kappa shape index (κ1) is 10.9. The molecule has 1 aromatic rings. The number of hydrogen-bond acceptors (Lipinski definition) is 3. The molecule has 0 aliphatic heterocycles. The summed E-state index contributed by atoms with van der Waals surface area (Å²) in [5.41, 5.74) is 0.453. The van der Waals surface area contributed by atoms with Crippen molar-refractivity contribution in [1.82, 2.24) is 0 Å². The molecule has 1 unspecified atom stereocenters. The van der Waals surface area contributed by atoms with Crippen LogP contribution in [0.1, 0.15) is 11.7 Å². The average molecular weight is 204 g/mol. The molecule has 0 saturated heterocycles. The van der Waals surface area contributed by atoms with Crippen LogP contribution in [0.5, 0.6) is 5.75 Å². The van der Waals surface area contributed by atoms with Crippen molar-refractivity contribution in [2.24, 2.45) is 0 Å². The van der Waals surface area contributed by atoms with Crippen LogP contribution in [0.15, 0.2) is 24.3 Å². The van der Waals surface area contributed by atoms with Gasteiger partial charge in [-0.2, -0.15) is 8.78 Å². The van der Waals surface area contributed by atoms with Crippen molar-refractivity contribution in [3.63, 3.8) is 0 Å². The predicted molar refractivity (Wildman–Crippen MR) is 45.1 cm³/mol. The summed E-state index contributed by atoms with van der Waals surface area (Å²) in [6.45, 7) is -3.27. The summed E-state index contributed by atoms with van der Waals surface area (Å²) in [5.74, 6) is 0.0221. The van der Waals surface area contributed by atoms with Crippen molar-refractivity contribution in [3.05, 3.63) is 29.8 Å². The molecule has 2 N–H and O–H groups in total. The summed E-state index contributed by atoms with van der Waals surface area (Å²) in [4.78, 5) is 0. The molecular formula is C9H10F2O3. The Morgan fingerprint density at radius 2 is 1.79 bits per heavy atom. The number of aliphatic hydroxyl groups is 2. The second-order valence-electron chi connectivity index (χ2n) is 2.65. The second kappa shape index (κ2) is 4.88. The van der Waals surface area contributed by atoms with Crippen LogP contribution in [0, 0.1) is 0 Å². The minimum absolute atomic E-state index is 0.0221. The molecule has 78 valence electrons. The topological polar surface area (TPSA) is 49.7 Å². The first-order valence-corrected chi connectivity index (χ1v) is 3.97. The van der Waals surface area contributed by atoms with E-state index in [0.717, 1.165) is 0 Å². The van der Waals surface area contributed by atoms with Gasteiger partial charge in [0.2, 0.25) is 0 Å². The summed E-state index contributed by atoms with van der Waals surface area (Å²) >= 11 is 0. The minimum atomic E-state index is -2.86. The van der Waals surface area contributed by atoms with Crippen molar-refractivity contribution < 1.29 is 23.7 Å². The van der Waals surface area contributed by atoms with Crippen molar-refractivity contribution in [2.45, 2.75) is 12.7 Å². The molecule has 1 rings (SSSR count). The smallest absolute Gasteiger partial charge is 0.387 e. The van der Waals surface area contributed by atoms with Crippen LogP contribution in [-0.4, -0.2) is 23.4 Å². The molecule has 0 heterocycles. The normalized spacial score (nSPS) is 12.9. The largest absolute Gasteiger partial charge is 0.435 e. The van der Waals surface area contributed by atoms with Gasteiger partial charge < -0.3 is 14.9 Å². The maximum absolute atomic E-state index is 11.7. The van der Waals surface area contributed by atoms with Gasteiger partial charge >= 0.3 is 6.61 Å². The van der Waals surface area contributed by atoms with E-state index in [1.54, 1.807) is 0 Å². The third-order valence-corrected chi connectivity index (χ3v) is 1.66. The zero-order valence-electron chi connectivity index (χ0n) is 7.23. The van der Waals surface area contributed by atoms with Gasteiger partial charge in [0.25, 0.3) is 0 Å². The first-order chi connectivity index (χ1) is 6.63. The van der Waals surface area contributed by atoms with Crippen LogP contribution in [-0.2, 0) is 0 Å². The zero-order chi connectivity index (χ0) is 10.6. The van der Waals surface area contributed by atoms with Crippen LogP contribution in [0.2, 0.25) is 0 Å². The van der Waals surface area contributed by atoms with Crippen LogP contribution >= 0.6 is 0 Å². The Balaban J connectivity index is 2.68. The van der Waals surface area contributed by atoms with E-state index in [4.69, 9.17) is 10.2 Å². The van der Waals surface area contributed by atoms with Gasteiger partial charge in [0, 0.05) is 0 Å². The minimum Gasteiger partial charge on any atom is -0.435 e. The van der Waals surface area contributed by atoms with E-state index in [9.17, 15) is 8.78 Å². The van der Waals surface area contributed by atoms with Gasteiger partial charge in [-0.15, -0.1) is 0 Å². The number of alkyl halides is 2. The summed E-state index contributed by atoms with van der Waals surface area (Å²) in [5, 5.41) is 17.8. The maximum Gasteiger partial charge on any atom is 0.387 e. The van der Waals surface area contributed by atoms with Gasteiger partial charge in [0.15, 0.2) is 0 Å². The fourth-order valence-electron chi connectivity index (χ4n) is 0.977. The van der Waals surface area contributed by atoms with Crippen molar-refractivity contribution >= 4 is 0 Å². The number of ether oxygens (including phenoxy) is 1. The summed E-state index contributed by atoms with van der Waals surface area (Å²) < 4.78 is 27.6. The molecule has 0 saturated carbocycles. The van der Waals surface area contributed by atoms with E-state index < -0.39 is 19.3 Å². The molecule has 0 amide bonds. The van der Waals surface area contributed by atoms with E-state index in [-0.39, 0.29) is 5.75 Å². The third kappa shape index (κ3) is 2.93. The molecule has 0 spiro atoms. The van der Waals surface area contributed by atoms with Crippen molar-refractivity contribution in [1.29, 1.82) is 0 Å². The molecule has 0 radical (unpaired) electrons. The Labute approximate surface area is 79.6 Å². The summed E-state index contributed by atoms with van der Waals surface area (Å²) in [6.07, 6.45) is -0.990. The van der Waals surface area contributed by atoms with Gasteiger partial charge in [-0.3, -0.25) is 0 Å². The van der Waals surface area contributed by atoms with E-state index in [0.29, 0.717) is 5.56 Å². The van der Waals surface area contributed by atoms with E-state index in [2.05, 4.69) is 4.74 Å². The van der Waals surface area contributed by atoms with Gasteiger partial charge in [-0.1, -0.05) is 12.1 Å². The lowest BCUT2D eigenvalue weighted by molar-refractivity contribution is -0.0498. The van der Waals surface area contributed by atoms with E-state index in [1.165, 1.54) is 24.3 Å². The highest BCUT2D eigenvalue weighted by molar-refractivity contribution is 5.28. The van der Waals surface area contributed by atoms with Crippen LogP contribution in [0.3, 0.4) is 0 Å². The summed E-state index contributed by atoms with van der Waals surface area (Å²) in [7, 11) is 0. The lowest BCUT2D eigenvalue weighted by Crippen LogP contribution is -2.04. The first-order valence-electron chi connectivity index (χ1n) is 3.97. The zero-order valence-corrected chi connectivity index (χ0v) is 7.23. The molecule has 1 atom stereocenters. The Morgan fingerprint density at radius 3 is 2.21 bits per heavy atom. The molecule has 0 bridgehead atoms. The quantitative estimate of drug-likeness (QED) is 0.777. The molecule has 0 aliphatic rings. The molecule has 0 aromatic heterocycles. The average Bonchev–Trinajstić information content (AvgIpc) is 2.17. The predicted octanol–water partition coefficient (Wildman–Crippen LogP) is 1.31. The molecule has 3 nitrogen and oxygen atoms in total. The highest BCUT2D eigenvalue weighted by Gasteiger charge is 2.07. The van der Waals surface area contributed by atoms with Crippen LogP contribution < -0.4 is 4.74 Å². The van der Waals surface area contributed by atoms with Gasteiger partial charge in [-0.05, 0) is 17.7 Å². The Morgan fingerprint density at radius 1 is 1.21 bits per heavy atom. The molecule has 0 fully saturated rings. The number of rotatable bonds is 4. The summed E-state index contributed by atoms with van der Waals surface area (Å²) in [6, 6.07) is 5.44. The Bertz CT molecular complexity index is 274. The highest BCUT2D eigenvalue weighted by Crippen LogP contribution is 2.18. The third-order valence-electron chi connectivity index (χ3n) is 1.66. The standard InChI is InChI=1S/C9H10F2O3/c10-9(11)14-7-3-1-6(2-4-7)8(13)5-12/h1-4,8-9,12-13H,5H2. The lowest BCUT2D eigenvalue weighted by atomic mass is 10.1. The maximum atomic E-state index is 11.7. The number of aliphatic hydroxyl groups excluding tert-OH is 2. The van der Waals surface area contributed by atoms with Gasteiger partial charge in [0.05, 0.1) is 6.61 Å². The van der Waals surface area contributed by atoms with Crippen LogP contribution in [0.25, 0.3) is 0 Å². The SMILES string of the molecule is OCC(O)c1ccc(OC(F)F)cc1. The molecular weight excluding hydrogens is 194 g/mol. The van der Waals surface area contributed by atoms with Crippen LogP contribution in [0.4, 0.5) is 8.78 Å². The second-order valence-corrected chi connectivity index (χ2v) is 2.65. The van der Waals surface area contributed by atoms with E-state index >= 15 is 0 Å². The fraction of sp³-hybridized carbons (Fsp3) is 0.333. The van der Waals surface area contributed by atoms with Gasteiger partial charge in [0.1, 0.15) is 11.9 Å². The molecule has 5 heteroatoms. The Kier molecular flexibility index (Phi) is 3.79. The Hall–Kier alpha value is -1.20. The molecule has 14 heavy (non-hydrogen) atoms.